The molecule has 1 N–H and O–H groups in total. The Hall–Kier alpha value is -1.73. The highest BCUT2D eigenvalue weighted by atomic mass is 32.1. The molecule has 1 saturated heterocycles. The Labute approximate surface area is 143 Å². The Morgan fingerprint density at radius 3 is 2.96 bits per heavy atom. The van der Waals surface area contributed by atoms with Crippen molar-refractivity contribution < 1.29 is 9.59 Å². The molecule has 0 spiro atoms. The summed E-state index contributed by atoms with van der Waals surface area (Å²) in [6.07, 6.45) is 4.13. The molecule has 2 amide bonds. The van der Waals surface area contributed by atoms with Crippen LogP contribution in [0.5, 0.6) is 0 Å². The predicted molar refractivity (Wildman–Crippen MR) is 93.2 cm³/mol. The van der Waals surface area contributed by atoms with Crippen molar-refractivity contribution in [1.29, 1.82) is 0 Å². The lowest BCUT2D eigenvalue weighted by Gasteiger charge is -2.22. The number of aryl methyl sites for hydroxylation is 2. The molecule has 7 heteroatoms. The lowest BCUT2D eigenvalue weighted by molar-refractivity contribution is -0.119. The van der Waals surface area contributed by atoms with E-state index in [-0.39, 0.29) is 11.8 Å². The fourth-order valence-corrected chi connectivity index (χ4v) is 4.48. The summed E-state index contributed by atoms with van der Waals surface area (Å²) in [5.41, 5.74) is 1.21. The van der Waals surface area contributed by atoms with Gasteiger partial charge in [0.25, 0.3) is 5.91 Å². The van der Waals surface area contributed by atoms with Gasteiger partial charge in [0.15, 0.2) is 5.13 Å². The van der Waals surface area contributed by atoms with Crippen LogP contribution < -0.4 is 5.32 Å². The van der Waals surface area contributed by atoms with E-state index in [1.54, 1.807) is 11.1 Å². The second-order valence-corrected chi connectivity index (χ2v) is 7.68. The second kappa shape index (κ2) is 6.80. The van der Waals surface area contributed by atoms with Crippen LogP contribution >= 0.6 is 22.7 Å². The van der Waals surface area contributed by atoms with Crippen molar-refractivity contribution in [2.75, 3.05) is 11.9 Å². The monoisotopic (exact) mass is 349 g/mol. The number of nitrogens with one attached hydrogen (secondary N) is 1. The number of amides is 2. The van der Waals surface area contributed by atoms with Gasteiger partial charge in [0, 0.05) is 23.0 Å². The predicted octanol–water partition coefficient (Wildman–Crippen LogP) is 3.32. The van der Waals surface area contributed by atoms with Crippen LogP contribution in [0.2, 0.25) is 0 Å². The van der Waals surface area contributed by atoms with Gasteiger partial charge in [-0.2, -0.15) is 0 Å². The van der Waals surface area contributed by atoms with Crippen LogP contribution in [0.25, 0.3) is 0 Å². The Morgan fingerprint density at radius 1 is 1.48 bits per heavy atom. The van der Waals surface area contributed by atoms with Crippen LogP contribution in [0.3, 0.4) is 0 Å². The standard InChI is InChI=1S/C16H19N3O2S2/c1-3-11-9-13(23-10(11)2)15(21)19-7-4-5-12(19)14(20)18-16-17-6-8-22-16/h6,8-9,12H,3-5,7H2,1-2H3,(H,17,18,20). The van der Waals surface area contributed by atoms with Crippen LogP contribution in [0, 0.1) is 6.92 Å². The number of hydrogen-bond acceptors (Lipinski definition) is 5. The van der Waals surface area contributed by atoms with Gasteiger partial charge in [-0.25, -0.2) is 4.98 Å². The third-order valence-corrected chi connectivity index (χ3v) is 5.86. The smallest absolute Gasteiger partial charge is 0.264 e. The zero-order valence-electron chi connectivity index (χ0n) is 13.2. The van der Waals surface area contributed by atoms with Crippen LogP contribution in [-0.2, 0) is 11.2 Å². The molecule has 1 fully saturated rings. The van der Waals surface area contributed by atoms with Gasteiger partial charge in [-0.05, 0) is 37.8 Å². The molecule has 5 nitrogen and oxygen atoms in total. The zero-order valence-corrected chi connectivity index (χ0v) is 14.8. The first-order valence-electron chi connectivity index (χ1n) is 7.70. The SMILES string of the molecule is CCc1cc(C(=O)N2CCCC2C(=O)Nc2nccs2)sc1C. The molecular formula is C16H19N3O2S2. The Bertz CT molecular complexity index is 709. The largest absolute Gasteiger partial charge is 0.326 e. The molecular weight excluding hydrogens is 330 g/mol. The molecule has 3 heterocycles. The van der Waals surface area contributed by atoms with E-state index in [2.05, 4.69) is 17.2 Å². The average Bonchev–Trinajstić information content (AvgIpc) is 3.26. The van der Waals surface area contributed by atoms with Crippen LogP contribution in [-0.4, -0.2) is 34.3 Å². The fourth-order valence-electron chi connectivity index (χ4n) is 2.87. The summed E-state index contributed by atoms with van der Waals surface area (Å²) in [7, 11) is 0. The maximum absolute atomic E-state index is 12.8. The highest BCUT2D eigenvalue weighted by Gasteiger charge is 2.35. The zero-order chi connectivity index (χ0) is 16.4. The van der Waals surface area contributed by atoms with Crippen molar-refractivity contribution in [3.05, 3.63) is 33.0 Å². The number of carbonyl (C=O) groups is 2. The van der Waals surface area contributed by atoms with Gasteiger partial charge >= 0.3 is 0 Å². The molecule has 1 aliphatic rings. The number of rotatable bonds is 4. The maximum atomic E-state index is 12.8. The number of thiazole rings is 1. The van der Waals surface area contributed by atoms with Crippen molar-refractivity contribution in [3.63, 3.8) is 0 Å². The van der Waals surface area contributed by atoms with Crippen molar-refractivity contribution in [2.24, 2.45) is 0 Å². The molecule has 0 aromatic carbocycles. The van der Waals surface area contributed by atoms with E-state index in [1.807, 2.05) is 18.4 Å². The van der Waals surface area contributed by atoms with E-state index in [9.17, 15) is 9.59 Å². The van der Waals surface area contributed by atoms with E-state index < -0.39 is 6.04 Å². The number of likely N-dealkylation sites (tertiary alicyclic amines) is 1. The van der Waals surface area contributed by atoms with Gasteiger partial charge in [0.05, 0.1) is 4.88 Å². The van der Waals surface area contributed by atoms with Gasteiger partial charge in [0.1, 0.15) is 6.04 Å². The van der Waals surface area contributed by atoms with Gasteiger partial charge in [-0.15, -0.1) is 22.7 Å². The normalized spacial score (nSPS) is 17.5. The third kappa shape index (κ3) is 3.30. The molecule has 122 valence electrons. The Balaban J connectivity index is 1.75. The quantitative estimate of drug-likeness (QED) is 0.921. The number of hydrogen-bond donors (Lipinski definition) is 1. The Morgan fingerprint density at radius 2 is 2.30 bits per heavy atom. The molecule has 0 aliphatic carbocycles. The molecule has 0 saturated carbocycles. The minimum absolute atomic E-state index is 0.0328. The molecule has 1 aliphatic heterocycles. The summed E-state index contributed by atoms with van der Waals surface area (Å²) in [6.45, 7) is 4.76. The highest BCUT2D eigenvalue weighted by molar-refractivity contribution is 7.14. The lowest BCUT2D eigenvalue weighted by atomic mass is 10.2. The molecule has 1 unspecified atom stereocenters. The first-order chi connectivity index (χ1) is 11.1. The second-order valence-electron chi connectivity index (χ2n) is 5.53. The minimum Gasteiger partial charge on any atom is -0.326 e. The fraction of sp³-hybridized carbons (Fsp3) is 0.438. The molecule has 3 rings (SSSR count). The van der Waals surface area contributed by atoms with E-state index in [4.69, 9.17) is 0 Å². The number of anilines is 1. The molecule has 0 radical (unpaired) electrons. The van der Waals surface area contributed by atoms with Crippen LogP contribution in [0.4, 0.5) is 5.13 Å². The summed E-state index contributed by atoms with van der Waals surface area (Å²) in [4.78, 5) is 32.9. The summed E-state index contributed by atoms with van der Waals surface area (Å²) in [5, 5.41) is 5.20. The average molecular weight is 349 g/mol. The number of thiophene rings is 1. The first-order valence-corrected chi connectivity index (χ1v) is 9.40. The van der Waals surface area contributed by atoms with E-state index >= 15 is 0 Å². The maximum Gasteiger partial charge on any atom is 0.264 e. The van der Waals surface area contributed by atoms with Gasteiger partial charge in [-0.1, -0.05) is 6.92 Å². The van der Waals surface area contributed by atoms with Crippen molar-refractivity contribution >= 4 is 39.6 Å². The highest BCUT2D eigenvalue weighted by Crippen LogP contribution is 2.27. The number of nitrogens with zero attached hydrogens (tertiary/aromatic N) is 2. The van der Waals surface area contributed by atoms with Gasteiger partial charge < -0.3 is 10.2 Å². The first kappa shape index (κ1) is 16.1. The van der Waals surface area contributed by atoms with E-state index in [1.165, 1.54) is 33.1 Å². The van der Waals surface area contributed by atoms with E-state index in [0.717, 1.165) is 17.7 Å². The van der Waals surface area contributed by atoms with Crippen molar-refractivity contribution in [3.8, 4) is 0 Å². The van der Waals surface area contributed by atoms with Crippen molar-refractivity contribution in [2.45, 2.75) is 39.2 Å². The van der Waals surface area contributed by atoms with Crippen LogP contribution in [0.15, 0.2) is 17.6 Å². The molecule has 2 aromatic rings. The Kier molecular flexibility index (Phi) is 4.77. The number of carbonyl (C=O) groups excluding carboxylic acids is 2. The van der Waals surface area contributed by atoms with Gasteiger partial charge in [-0.3, -0.25) is 9.59 Å². The third-order valence-electron chi connectivity index (χ3n) is 4.09. The van der Waals surface area contributed by atoms with Gasteiger partial charge in [0.2, 0.25) is 5.91 Å². The van der Waals surface area contributed by atoms with E-state index in [0.29, 0.717) is 18.1 Å². The summed E-state index contributed by atoms with van der Waals surface area (Å²) in [5.74, 6) is -0.176. The number of aromatic nitrogens is 1. The van der Waals surface area contributed by atoms with Crippen molar-refractivity contribution in [1.82, 2.24) is 9.88 Å². The summed E-state index contributed by atoms with van der Waals surface area (Å²) < 4.78 is 0. The minimum atomic E-state index is -0.404. The molecule has 1 atom stereocenters. The topological polar surface area (TPSA) is 62.3 Å². The lowest BCUT2D eigenvalue weighted by Crippen LogP contribution is -2.42. The molecule has 23 heavy (non-hydrogen) atoms. The molecule has 2 aromatic heterocycles. The summed E-state index contributed by atoms with van der Waals surface area (Å²) in [6, 6.07) is 1.56. The van der Waals surface area contributed by atoms with Crippen LogP contribution in [0.1, 0.15) is 39.9 Å². The summed E-state index contributed by atoms with van der Waals surface area (Å²) >= 11 is 2.90. The molecule has 0 bridgehead atoms.